The highest BCUT2D eigenvalue weighted by Gasteiger charge is 2.29. The van der Waals surface area contributed by atoms with Crippen LogP contribution in [0.5, 0.6) is 0 Å². The van der Waals surface area contributed by atoms with Gasteiger partial charge in [0.2, 0.25) is 10.0 Å². The van der Waals surface area contributed by atoms with Gasteiger partial charge < -0.3 is 0 Å². The molecule has 106 valence electrons. The van der Waals surface area contributed by atoms with E-state index in [1.165, 1.54) is 18.2 Å². The van der Waals surface area contributed by atoms with Gasteiger partial charge in [-0.2, -0.15) is 0 Å². The standard InChI is InChI=1S/C15H11NO4S/c1-21(19,20)16-9-6-7-12-13(8-9)15(18)11-5-3-2-4-10(11)14(12)17/h2-8,16H,1H3. The molecule has 0 aliphatic heterocycles. The van der Waals surface area contributed by atoms with E-state index < -0.39 is 10.0 Å². The third-order valence-electron chi connectivity index (χ3n) is 3.23. The zero-order valence-corrected chi connectivity index (χ0v) is 11.9. The highest BCUT2D eigenvalue weighted by Crippen LogP contribution is 2.29. The lowest BCUT2D eigenvalue weighted by Crippen LogP contribution is -2.21. The van der Waals surface area contributed by atoms with E-state index in [0.29, 0.717) is 11.1 Å². The van der Waals surface area contributed by atoms with Crippen molar-refractivity contribution < 1.29 is 18.0 Å². The number of sulfonamides is 1. The number of benzene rings is 2. The molecule has 0 aromatic heterocycles. The molecule has 0 saturated heterocycles. The first kappa shape index (κ1) is 13.5. The van der Waals surface area contributed by atoms with Gasteiger partial charge >= 0.3 is 0 Å². The number of carbonyl (C=O) groups is 2. The van der Waals surface area contributed by atoms with Gasteiger partial charge in [-0.1, -0.05) is 24.3 Å². The van der Waals surface area contributed by atoms with Gasteiger partial charge in [0.25, 0.3) is 0 Å². The fraction of sp³-hybridized carbons (Fsp3) is 0.0667. The van der Waals surface area contributed by atoms with E-state index in [2.05, 4.69) is 4.72 Å². The summed E-state index contributed by atoms with van der Waals surface area (Å²) in [5.74, 6) is -0.511. The molecule has 0 amide bonds. The Labute approximate surface area is 121 Å². The third-order valence-corrected chi connectivity index (χ3v) is 3.83. The van der Waals surface area contributed by atoms with Gasteiger partial charge in [0.1, 0.15) is 0 Å². The average molecular weight is 301 g/mol. The Morgan fingerprint density at radius 3 is 1.90 bits per heavy atom. The van der Waals surface area contributed by atoms with Crippen LogP contribution >= 0.6 is 0 Å². The summed E-state index contributed by atoms with van der Waals surface area (Å²) in [5.41, 5.74) is 1.48. The summed E-state index contributed by atoms with van der Waals surface area (Å²) < 4.78 is 24.8. The van der Waals surface area contributed by atoms with Crippen LogP contribution in [0.1, 0.15) is 31.8 Å². The van der Waals surface area contributed by atoms with Gasteiger partial charge in [-0.25, -0.2) is 8.42 Å². The van der Waals surface area contributed by atoms with Gasteiger partial charge in [-0.3, -0.25) is 14.3 Å². The largest absolute Gasteiger partial charge is 0.289 e. The summed E-state index contributed by atoms with van der Waals surface area (Å²) in [4.78, 5) is 24.8. The summed E-state index contributed by atoms with van der Waals surface area (Å²) >= 11 is 0. The number of anilines is 1. The van der Waals surface area contributed by atoms with Gasteiger partial charge in [0.05, 0.1) is 6.26 Å². The number of hydrogen-bond donors (Lipinski definition) is 1. The predicted octanol–water partition coefficient (Wildman–Crippen LogP) is 1.83. The van der Waals surface area contributed by atoms with E-state index in [9.17, 15) is 18.0 Å². The van der Waals surface area contributed by atoms with Crippen molar-refractivity contribution >= 4 is 27.3 Å². The van der Waals surface area contributed by atoms with Gasteiger partial charge in [-0.05, 0) is 18.2 Å². The molecule has 0 radical (unpaired) electrons. The number of rotatable bonds is 2. The Balaban J connectivity index is 2.15. The number of fused-ring (bicyclic) bond motifs is 2. The third kappa shape index (κ3) is 2.34. The van der Waals surface area contributed by atoms with Crippen LogP contribution in [-0.2, 0) is 10.0 Å². The van der Waals surface area contributed by atoms with Crippen LogP contribution in [0.25, 0.3) is 0 Å². The molecule has 2 aromatic rings. The van der Waals surface area contributed by atoms with E-state index in [1.807, 2.05) is 0 Å². The van der Waals surface area contributed by atoms with Crippen LogP contribution < -0.4 is 4.72 Å². The van der Waals surface area contributed by atoms with Gasteiger partial charge in [0.15, 0.2) is 11.6 Å². The van der Waals surface area contributed by atoms with Crippen LogP contribution in [0.2, 0.25) is 0 Å². The molecule has 0 unspecified atom stereocenters. The highest BCUT2D eigenvalue weighted by molar-refractivity contribution is 7.92. The molecule has 1 aliphatic carbocycles. The fourth-order valence-electron chi connectivity index (χ4n) is 2.38. The fourth-order valence-corrected chi connectivity index (χ4v) is 2.93. The Bertz CT molecular complexity index is 884. The number of carbonyl (C=O) groups excluding carboxylic acids is 2. The SMILES string of the molecule is CS(=O)(=O)Nc1ccc2c(c1)C(=O)c1ccccc1C2=O. The number of ketones is 2. The maximum atomic E-state index is 12.4. The van der Waals surface area contributed by atoms with Crippen LogP contribution in [0, 0.1) is 0 Å². The molecule has 0 bridgehead atoms. The topological polar surface area (TPSA) is 80.3 Å². The van der Waals surface area contributed by atoms with E-state index in [0.717, 1.165) is 6.26 Å². The Morgan fingerprint density at radius 2 is 1.33 bits per heavy atom. The first-order valence-corrected chi connectivity index (χ1v) is 8.06. The Morgan fingerprint density at radius 1 is 0.810 bits per heavy atom. The van der Waals surface area contributed by atoms with Crippen molar-refractivity contribution in [3.05, 3.63) is 64.7 Å². The van der Waals surface area contributed by atoms with Crippen molar-refractivity contribution in [3.8, 4) is 0 Å². The second-order valence-corrected chi connectivity index (χ2v) is 6.59. The summed E-state index contributed by atoms with van der Waals surface area (Å²) in [6.07, 6.45) is 1.02. The second-order valence-electron chi connectivity index (χ2n) is 4.84. The molecular weight excluding hydrogens is 290 g/mol. The highest BCUT2D eigenvalue weighted by atomic mass is 32.2. The molecule has 1 aliphatic rings. The Hall–Kier alpha value is -2.47. The molecule has 0 fully saturated rings. The minimum absolute atomic E-state index is 0.215. The molecule has 0 heterocycles. The second kappa shape index (κ2) is 4.53. The number of nitrogens with one attached hydrogen (secondary N) is 1. The maximum Gasteiger partial charge on any atom is 0.229 e. The molecule has 3 rings (SSSR count). The van der Waals surface area contributed by atoms with Crippen molar-refractivity contribution in [2.75, 3.05) is 11.0 Å². The lowest BCUT2D eigenvalue weighted by atomic mass is 9.84. The van der Waals surface area contributed by atoms with Gasteiger partial charge in [0, 0.05) is 27.9 Å². The van der Waals surface area contributed by atoms with E-state index in [4.69, 9.17) is 0 Å². The van der Waals surface area contributed by atoms with Crippen LogP contribution in [-0.4, -0.2) is 26.2 Å². The lowest BCUT2D eigenvalue weighted by molar-refractivity contribution is 0.0979. The van der Waals surface area contributed by atoms with Crippen molar-refractivity contribution in [3.63, 3.8) is 0 Å². The van der Waals surface area contributed by atoms with Crippen LogP contribution in [0.3, 0.4) is 0 Å². The molecule has 6 heteroatoms. The monoisotopic (exact) mass is 301 g/mol. The lowest BCUT2D eigenvalue weighted by Gasteiger charge is -2.18. The quantitative estimate of drug-likeness (QED) is 0.783. The average Bonchev–Trinajstić information content (AvgIpc) is 2.43. The summed E-state index contributed by atoms with van der Waals surface area (Å²) in [6, 6.07) is 10.9. The minimum atomic E-state index is -3.44. The van der Waals surface area contributed by atoms with E-state index in [-0.39, 0.29) is 28.4 Å². The van der Waals surface area contributed by atoms with Crippen molar-refractivity contribution in [2.45, 2.75) is 0 Å². The predicted molar refractivity (Wildman–Crippen MR) is 78.2 cm³/mol. The molecular formula is C15H11NO4S. The summed E-state index contributed by atoms with van der Waals surface area (Å²) in [6.45, 7) is 0. The Kier molecular flexibility index (Phi) is 2.91. The molecule has 0 atom stereocenters. The molecule has 5 nitrogen and oxygen atoms in total. The first-order valence-electron chi connectivity index (χ1n) is 6.17. The molecule has 21 heavy (non-hydrogen) atoms. The van der Waals surface area contributed by atoms with Crippen LogP contribution in [0.15, 0.2) is 42.5 Å². The molecule has 0 saturated carbocycles. The van der Waals surface area contributed by atoms with E-state index >= 15 is 0 Å². The smallest absolute Gasteiger partial charge is 0.229 e. The maximum absolute atomic E-state index is 12.4. The van der Waals surface area contributed by atoms with Crippen molar-refractivity contribution in [1.82, 2.24) is 0 Å². The molecule has 0 spiro atoms. The minimum Gasteiger partial charge on any atom is -0.289 e. The zero-order chi connectivity index (χ0) is 15.2. The summed E-state index contributed by atoms with van der Waals surface area (Å²) in [5, 5.41) is 0. The molecule has 2 aromatic carbocycles. The normalized spacial score (nSPS) is 13.6. The zero-order valence-electron chi connectivity index (χ0n) is 11.1. The number of hydrogen-bond acceptors (Lipinski definition) is 4. The van der Waals surface area contributed by atoms with Crippen LogP contribution in [0.4, 0.5) is 5.69 Å². The summed E-state index contributed by atoms with van der Waals surface area (Å²) in [7, 11) is -3.44. The van der Waals surface area contributed by atoms with Crippen molar-refractivity contribution in [1.29, 1.82) is 0 Å². The first-order chi connectivity index (χ1) is 9.87. The van der Waals surface area contributed by atoms with Gasteiger partial charge in [-0.15, -0.1) is 0 Å². The molecule has 1 N–H and O–H groups in total. The van der Waals surface area contributed by atoms with E-state index in [1.54, 1.807) is 24.3 Å². The van der Waals surface area contributed by atoms with Crippen molar-refractivity contribution in [2.24, 2.45) is 0 Å².